The van der Waals surface area contributed by atoms with Crippen molar-refractivity contribution in [2.75, 3.05) is 66.3 Å². The lowest BCUT2D eigenvalue weighted by Gasteiger charge is -2.40. The molecule has 4 rings (SSSR count). The number of aromatic nitrogens is 3. The van der Waals surface area contributed by atoms with E-state index in [0.29, 0.717) is 71.3 Å². The standard InChI is InChI=1S/C27H39FN6O5.C3H4O2.CO2/c1-19(2)17-33(21-14-20(15-29-16-21)26(35)32-8-10-38-11-9-32)27(36)25-24(18-39-13-12-37-3)34(31-30-25)23-7-5-4-6-22(23)28;1-2-3(4)5;2-1-3/h4-7,19-21,29H,8-18H2,1-3H3;2H,1H2,(H,4,5);/t20-,21+;;/m1../s1. The number of piperidine rings is 1. The number of para-hydroxylation sites is 1. The SMILES string of the molecule is C=CC(=O)O.COCCOCc1c(C(=O)N(CC(C)C)[C@@H]2CNC[C@H](C(=O)N3CCOCC3)C2)nnn1-c1ccccc1F.O=C=O. The number of hydrogen-bond acceptors (Lipinski definition) is 11. The molecule has 0 aliphatic carbocycles. The highest BCUT2D eigenvalue weighted by molar-refractivity contribution is 5.93. The number of aliphatic carboxylic acids is 1. The summed E-state index contributed by atoms with van der Waals surface area (Å²) in [5, 5.41) is 19.3. The number of nitrogens with zero attached hydrogens (tertiary/aromatic N) is 5. The second-order valence-corrected chi connectivity index (χ2v) is 11.0. The zero-order valence-electron chi connectivity index (χ0n) is 26.9. The summed E-state index contributed by atoms with van der Waals surface area (Å²) in [4.78, 5) is 56.5. The van der Waals surface area contributed by atoms with E-state index >= 15 is 0 Å². The predicted molar refractivity (Wildman–Crippen MR) is 164 cm³/mol. The van der Waals surface area contributed by atoms with Gasteiger partial charge in [0, 0.05) is 52.0 Å². The van der Waals surface area contributed by atoms with Crippen LogP contribution in [0.4, 0.5) is 4.39 Å². The van der Waals surface area contributed by atoms with Crippen LogP contribution in [0.5, 0.6) is 0 Å². The van der Waals surface area contributed by atoms with Crippen LogP contribution in [0.2, 0.25) is 0 Å². The maximum atomic E-state index is 14.7. The fraction of sp³-hybridized carbons (Fsp3) is 0.548. The molecule has 2 N–H and O–H groups in total. The van der Waals surface area contributed by atoms with Crippen LogP contribution in [0.1, 0.15) is 36.5 Å². The Morgan fingerprint density at radius 3 is 2.47 bits per heavy atom. The summed E-state index contributed by atoms with van der Waals surface area (Å²) < 4.78 is 32.2. The lowest BCUT2D eigenvalue weighted by molar-refractivity contribution is -0.191. The number of nitrogens with one attached hydrogen (secondary N) is 1. The lowest BCUT2D eigenvalue weighted by Crippen LogP contribution is -2.56. The first-order valence-corrected chi connectivity index (χ1v) is 15.1. The Bertz CT molecular complexity index is 1340. The predicted octanol–water partition coefficient (Wildman–Crippen LogP) is 1.18. The van der Waals surface area contributed by atoms with E-state index in [0.717, 1.165) is 6.08 Å². The van der Waals surface area contributed by atoms with E-state index in [1.165, 1.54) is 10.7 Å². The number of carboxylic acid groups (broad SMARTS) is 1. The van der Waals surface area contributed by atoms with Crippen molar-refractivity contribution in [1.82, 2.24) is 30.1 Å². The van der Waals surface area contributed by atoms with Crippen LogP contribution in [-0.4, -0.2) is 126 Å². The lowest BCUT2D eigenvalue weighted by atomic mass is 9.92. The molecule has 2 atom stereocenters. The van der Waals surface area contributed by atoms with Crippen molar-refractivity contribution >= 4 is 23.9 Å². The Labute approximate surface area is 272 Å². The number of halogens is 1. The fourth-order valence-electron chi connectivity index (χ4n) is 5.04. The summed E-state index contributed by atoms with van der Waals surface area (Å²) in [6.45, 7) is 11.6. The molecule has 0 unspecified atom stereocenters. The smallest absolute Gasteiger partial charge is 0.373 e. The van der Waals surface area contributed by atoms with Crippen molar-refractivity contribution in [3.05, 3.63) is 54.1 Å². The highest BCUT2D eigenvalue weighted by atomic mass is 19.1. The Hall–Kier alpha value is -4.34. The summed E-state index contributed by atoms with van der Waals surface area (Å²) in [5.41, 5.74) is 0.651. The largest absolute Gasteiger partial charge is 0.478 e. The Kier molecular flexibility index (Phi) is 17.1. The second-order valence-electron chi connectivity index (χ2n) is 11.0. The molecular formula is C31H43FN6O9. The number of carbonyl (C=O) groups is 3. The van der Waals surface area contributed by atoms with Gasteiger partial charge >= 0.3 is 12.1 Å². The Morgan fingerprint density at radius 2 is 1.87 bits per heavy atom. The third-order valence-electron chi connectivity index (χ3n) is 7.15. The minimum absolute atomic E-state index is 0.00233. The van der Waals surface area contributed by atoms with Crippen LogP contribution in [0, 0.1) is 17.7 Å². The van der Waals surface area contributed by atoms with E-state index in [9.17, 15) is 18.8 Å². The summed E-state index contributed by atoms with van der Waals surface area (Å²) in [6.07, 6.45) is 1.63. The molecule has 258 valence electrons. The van der Waals surface area contributed by atoms with Gasteiger partial charge in [0.25, 0.3) is 5.91 Å². The fourth-order valence-corrected chi connectivity index (χ4v) is 5.04. The van der Waals surface area contributed by atoms with Crippen LogP contribution in [0.3, 0.4) is 0 Å². The maximum Gasteiger partial charge on any atom is 0.373 e. The highest BCUT2D eigenvalue weighted by Gasteiger charge is 2.37. The van der Waals surface area contributed by atoms with Crippen molar-refractivity contribution in [3.63, 3.8) is 0 Å². The number of hydrogen-bond donors (Lipinski definition) is 2. The molecule has 0 radical (unpaired) electrons. The zero-order chi connectivity index (χ0) is 34.8. The maximum absolute atomic E-state index is 14.7. The van der Waals surface area contributed by atoms with Gasteiger partial charge < -0.3 is 34.4 Å². The molecule has 2 aliphatic rings. The van der Waals surface area contributed by atoms with Crippen molar-refractivity contribution in [2.45, 2.75) is 32.9 Å². The third-order valence-corrected chi connectivity index (χ3v) is 7.15. The van der Waals surface area contributed by atoms with Crippen molar-refractivity contribution in [1.29, 1.82) is 0 Å². The molecule has 0 bridgehead atoms. The second kappa shape index (κ2) is 20.7. The number of ether oxygens (including phenoxy) is 3. The number of carboxylic acids is 1. The molecule has 2 aliphatic heterocycles. The van der Waals surface area contributed by atoms with Crippen LogP contribution in [0.15, 0.2) is 36.9 Å². The average Bonchev–Trinajstić information content (AvgIpc) is 3.49. The van der Waals surface area contributed by atoms with E-state index in [1.807, 2.05) is 18.7 Å². The van der Waals surface area contributed by atoms with Crippen LogP contribution >= 0.6 is 0 Å². The van der Waals surface area contributed by atoms with Crippen molar-refractivity contribution in [2.24, 2.45) is 11.8 Å². The Morgan fingerprint density at radius 1 is 1.21 bits per heavy atom. The first-order valence-electron chi connectivity index (χ1n) is 15.1. The highest BCUT2D eigenvalue weighted by Crippen LogP contribution is 2.24. The van der Waals surface area contributed by atoms with Gasteiger partial charge in [0.15, 0.2) is 5.69 Å². The molecule has 3 heterocycles. The molecule has 1 aromatic carbocycles. The monoisotopic (exact) mass is 662 g/mol. The molecule has 0 spiro atoms. The Balaban J connectivity index is 0.000000863. The molecule has 2 saturated heterocycles. The quantitative estimate of drug-likeness (QED) is 0.245. The number of carbonyl (C=O) groups excluding carboxylic acids is 4. The molecule has 16 heteroatoms. The third kappa shape index (κ3) is 12.1. The minimum Gasteiger partial charge on any atom is -0.478 e. The average molecular weight is 663 g/mol. The first kappa shape index (κ1) is 38.8. The number of rotatable bonds is 12. The number of methoxy groups -OCH3 is 1. The topological polar surface area (TPSA) is 182 Å². The van der Waals surface area contributed by atoms with E-state index in [4.69, 9.17) is 28.9 Å². The number of amides is 2. The van der Waals surface area contributed by atoms with Gasteiger partial charge in [0.1, 0.15) is 17.2 Å². The van der Waals surface area contributed by atoms with Gasteiger partial charge in [0.2, 0.25) is 5.91 Å². The van der Waals surface area contributed by atoms with Crippen LogP contribution in [0.25, 0.3) is 5.69 Å². The van der Waals surface area contributed by atoms with E-state index in [2.05, 4.69) is 22.2 Å². The molecule has 2 amide bonds. The molecule has 15 nitrogen and oxygen atoms in total. The number of morpholine rings is 1. The van der Waals surface area contributed by atoms with Gasteiger partial charge in [0.05, 0.1) is 39.0 Å². The van der Waals surface area contributed by atoms with E-state index < -0.39 is 11.8 Å². The van der Waals surface area contributed by atoms with Crippen molar-refractivity contribution in [3.8, 4) is 5.69 Å². The molecule has 2 aromatic rings. The normalized spacial score (nSPS) is 17.3. The first-order chi connectivity index (χ1) is 22.6. The summed E-state index contributed by atoms with van der Waals surface area (Å²) in [6, 6.07) is 5.98. The molecule has 47 heavy (non-hydrogen) atoms. The van der Waals surface area contributed by atoms with E-state index in [1.54, 1.807) is 30.2 Å². The summed E-state index contributed by atoms with van der Waals surface area (Å²) in [5.74, 6) is -1.76. The summed E-state index contributed by atoms with van der Waals surface area (Å²) >= 11 is 0. The van der Waals surface area contributed by atoms with Gasteiger partial charge in [-0.25, -0.2) is 13.9 Å². The zero-order valence-corrected chi connectivity index (χ0v) is 26.9. The van der Waals surface area contributed by atoms with Crippen LogP contribution in [-0.2, 0) is 40.0 Å². The van der Waals surface area contributed by atoms with Gasteiger partial charge in [-0.3, -0.25) is 9.59 Å². The molecular weight excluding hydrogens is 619 g/mol. The van der Waals surface area contributed by atoms with E-state index in [-0.39, 0.29) is 53.8 Å². The van der Waals surface area contributed by atoms with Gasteiger partial charge in [-0.1, -0.05) is 37.8 Å². The van der Waals surface area contributed by atoms with Gasteiger partial charge in [-0.15, -0.1) is 5.10 Å². The molecule has 0 saturated carbocycles. The van der Waals surface area contributed by atoms with Gasteiger partial charge in [-0.2, -0.15) is 9.59 Å². The molecule has 2 fully saturated rings. The minimum atomic E-state index is -0.981. The summed E-state index contributed by atoms with van der Waals surface area (Å²) in [7, 11) is 1.57. The van der Waals surface area contributed by atoms with Crippen molar-refractivity contribution < 1.29 is 47.7 Å². The molecule has 1 aromatic heterocycles. The number of benzene rings is 1. The van der Waals surface area contributed by atoms with Crippen LogP contribution < -0.4 is 5.32 Å². The van der Waals surface area contributed by atoms with Gasteiger partial charge in [-0.05, 0) is 24.5 Å².